The summed E-state index contributed by atoms with van der Waals surface area (Å²) in [6, 6.07) is 14.1. The number of rotatable bonds is 3. The van der Waals surface area contributed by atoms with Gasteiger partial charge in [-0.25, -0.2) is 4.79 Å². The molecule has 0 unspecified atom stereocenters. The third-order valence-electron chi connectivity index (χ3n) is 4.25. The van der Waals surface area contributed by atoms with Gasteiger partial charge in [-0.3, -0.25) is 4.79 Å². The number of fused-ring (bicyclic) bond motifs is 1. The lowest BCUT2D eigenvalue weighted by Crippen LogP contribution is -2.54. The Morgan fingerprint density at radius 3 is 2.67 bits per heavy atom. The molecule has 124 valence electrons. The number of primary amides is 1. The Morgan fingerprint density at radius 2 is 2.00 bits per heavy atom. The summed E-state index contributed by atoms with van der Waals surface area (Å²) in [5.74, 6) is -0.153. The van der Waals surface area contributed by atoms with E-state index in [2.05, 4.69) is 21.2 Å². The first kappa shape index (κ1) is 16.5. The highest BCUT2D eigenvalue weighted by Gasteiger charge is 2.36. The molecule has 2 aromatic carbocycles. The van der Waals surface area contributed by atoms with E-state index in [0.29, 0.717) is 6.42 Å². The van der Waals surface area contributed by atoms with Crippen LogP contribution >= 0.6 is 15.9 Å². The van der Waals surface area contributed by atoms with Crippen molar-refractivity contribution in [1.82, 2.24) is 5.32 Å². The summed E-state index contributed by atoms with van der Waals surface area (Å²) in [7, 11) is 0. The fourth-order valence-electron chi connectivity index (χ4n) is 3.11. The Bertz CT molecular complexity index is 779. The SMILES string of the molecule is C[C@@H](c1ccccc1)N1C(=O)[C@H](NC(N)=O)Cc2cc(Br)ccc21. The van der Waals surface area contributed by atoms with Gasteiger partial charge in [-0.05, 0) is 36.2 Å². The van der Waals surface area contributed by atoms with E-state index in [-0.39, 0.29) is 11.9 Å². The van der Waals surface area contributed by atoms with Crippen molar-refractivity contribution < 1.29 is 9.59 Å². The molecular weight excluding hydrogens is 370 g/mol. The first-order valence-electron chi connectivity index (χ1n) is 7.70. The van der Waals surface area contributed by atoms with Gasteiger partial charge >= 0.3 is 6.03 Å². The molecule has 0 aliphatic carbocycles. The topological polar surface area (TPSA) is 75.4 Å². The number of anilines is 1. The maximum atomic E-state index is 13.0. The number of carbonyl (C=O) groups is 2. The van der Waals surface area contributed by atoms with Gasteiger partial charge in [-0.1, -0.05) is 46.3 Å². The fraction of sp³-hybridized carbons (Fsp3) is 0.222. The molecule has 1 aliphatic heterocycles. The van der Waals surface area contributed by atoms with Crippen LogP contribution in [0.2, 0.25) is 0 Å². The number of hydrogen-bond donors (Lipinski definition) is 2. The summed E-state index contributed by atoms with van der Waals surface area (Å²) in [5, 5.41) is 2.56. The van der Waals surface area contributed by atoms with Crippen LogP contribution in [0.4, 0.5) is 10.5 Å². The van der Waals surface area contributed by atoms with E-state index >= 15 is 0 Å². The third kappa shape index (κ3) is 3.14. The van der Waals surface area contributed by atoms with Gasteiger partial charge in [0.2, 0.25) is 0 Å². The number of urea groups is 1. The maximum absolute atomic E-state index is 13.0. The molecule has 0 bridgehead atoms. The Hall–Kier alpha value is -2.34. The van der Waals surface area contributed by atoms with Gasteiger partial charge in [0, 0.05) is 16.6 Å². The average Bonchev–Trinajstić information content (AvgIpc) is 2.56. The molecule has 1 heterocycles. The van der Waals surface area contributed by atoms with E-state index in [1.54, 1.807) is 4.90 Å². The van der Waals surface area contributed by atoms with Crippen molar-refractivity contribution in [2.45, 2.75) is 25.4 Å². The van der Waals surface area contributed by atoms with Crippen molar-refractivity contribution >= 4 is 33.6 Å². The minimum absolute atomic E-state index is 0.153. The summed E-state index contributed by atoms with van der Waals surface area (Å²) in [4.78, 5) is 26.0. The number of halogens is 1. The standard InChI is InChI=1S/C18H18BrN3O2/c1-11(12-5-3-2-4-6-12)22-16-8-7-14(19)9-13(16)10-15(17(22)23)21-18(20)24/h2-9,11,15H,10H2,1H3,(H3,20,21,24)/t11-,15+/m0/s1. The van der Waals surface area contributed by atoms with Crippen LogP contribution in [-0.4, -0.2) is 18.0 Å². The summed E-state index contributed by atoms with van der Waals surface area (Å²) < 4.78 is 0.931. The van der Waals surface area contributed by atoms with E-state index in [0.717, 1.165) is 21.3 Å². The second-order valence-corrected chi connectivity index (χ2v) is 6.75. The number of nitrogens with zero attached hydrogens (tertiary/aromatic N) is 1. The number of hydrogen-bond acceptors (Lipinski definition) is 2. The molecule has 0 saturated heterocycles. The lowest BCUT2D eigenvalue weighted by Gasteiger charge is -2.38. The zero-order valence-electron chi connectivity index (χ0n) is 13.2. The summed E-state index contributed by atoms with van der Waals surface area (Å²) in [6.07, 6.45) is 0.425. The number of benzene rings is 2. The molecule has 5 nitrogen and oxygen atoms in total. The second-order valence-electron chi connectivity index (χ2n) is 5.83. The minimum atomic E-state index is -0.695. The van der Waals surface area contributed by atoms with Crippen LogP contribution in [0.15, 0.2) is 53.0 Å². The summed E-state index contributed by atoms with van der Waals surface area (Å²) in [5.41, 5.74) is 8.12. The summed E-state index contributed by atoms with van der Waals surface area (Å²) >= 11 is 3.46. The number of nitrogens with one attached hydrogen (secondary N) is 1. The Morgan fingerprint density at radius 1 is 1.29 bits per heavy atom. The molecule has 24 heavy (non-hydrogen) atoms. The second kappa shape index (κ2) is 6.65. The quantitative estimate of drug-likeness (QED) is 0.848. The lowest BCUT2D eigenvalue weighted by atomic mass is 9.94. The zero-order valence-corrected chi connectivity index (χ0v) is 14.8. The number of carbonyl (C=O) groups excluding carboxylic acids is 2. The van der Waals surface area contributed by atoms with Crippen LogP contribution in [0.5, 0.6) is 0 Å². The highest BCUT2D eigenvalue weighted by molar-refractivity contribution is 9.10. The molecule has 3 N–H and O–H groups in total. The van der Waals surface area contributed by atoms with Crippen LogP contribution in [0, 0.1) is 0 Å². The summed E-state index contributed by atoms with van der Waals surface area (Å²) in [6.45, 7) is 1.98. The molecule has 0 aromatic heterocycles. The molecular formula is C18H18BrN3O2. The Balaban J connectivity index is 2.05. The van der Waals surface area contributed by atoms with Crippen molar-refractivity contribution in [3.8, 4) is 0 Å². The molecule has 1 aliphatic rings. The highest BCUT2D eigenvalue weighted by atomic mass is 79.9. The first-order valence-corrected chi connectivity index (χ1v) is 8.49. The van der Waals surface area contributed by atoms with E-state index in [1.807, 2.05) is 55.5 Å². The molecule has 0 fully saturated rings. The van der Waals surface area contributed by atoms with Crippen LogP contribution in [0.25, 0.3) is 0 Å². The van der Waals surface area contributed by atoms with Crippen molar-refractivity contribution in [1.29, 1.82) is 0 Å². The van der Waals surface area contributed by atoms with Gasteiger partial charge in [-0.2, -0.15) is 0 Å². The molecule has 3 rings (SSSR count). The van der Waals surface area contributed by atoms with E-state index < -0.39 is 12.1 Å². The van der Waals surface area contributed by atoms with Crippen LogP contribution in [-0.2, 0) is 11.2 Å². The lowest BCUT2D eigenvalue weighted by molar-refractivity contribution is -0.121. The van der Waals surface area contributed by atoms with Gasteiger partial charge < -0.3 is 16.0 Å². The molecule has 0 saturated carbocycles. The highest BCUT2D eigenvalue weighted by Crippen LogP contribution is 2.36. The molecule has 2 atom stereocenters. The van der Waals surface area contributed by atoms with E-state index in [4.69, 9.17) is 5.73 Å². The average molecular weight is 388 g/mol. The van der Waals surface area contributed by atoms with Crippen molar-refractivity contribution in [2.75, 3.05) is 4.90 Å². The van der Waals surface area contributed by atoms with Gasteiger partial charge in [-0.15, -0.1) is 0 Å². The van der Waals surface area contributed by atoms with Crippen molar-refractivity contribution in [2.24, 2.45) is 5.73 Å². The Kier molecular flexibility index (Phi) is 4.57. The fourth-order valence-corrected chi connectivity index (χ4v) is 3.52. The molecule has 0 radical (unpaired) electrons. The Labute approximate surface area is 149 Å². The molecule has 2 aromatic rings. The van der Waals surface area contributed by atoms with Crippen LogP contribution < -0.4 is 16.0 Å². The monoisotopic (exact) mass is 387 g/mol. The van der Waals surface area contributed by atoms with Gasteiger partial charge in [0.15, 0.2) is 0 Å². The van der Waals surface area contributed by atoms with E-state index in [1.165, 1.54) is 0 Å². The van der Waals surface area contributed by atoms with Gasteiger partial charge in [0.1, 0.15) is 6.04 Å². The van der Waals surface area contributed by atoms with Crippen molar-refractivity contribution in [3.63, 3.8) is 0 Å². The minimum Gasteiger partial charge on any atom is -0.352 e. The maximum Gasteiger partial charge on any atom is 0.312 e. The van der Waals surface area contributed by atoms with E-state index in [9.17, 15) is 9.59 Å². The largest absolute Gasteiger partial charge is 0.352 e. The molecule has 6 heteroatoms. The predicted molar refractivity (Wildman–Crippen MR) is 96.7 cm³/mol. The van der Waals surface area contributed by atoms with Crippen LogP contribution in [0.1, 0.15) is 24.1 Å². The first-order chi connectivity index (χ1) is 11.5. The molecule has 3 amide bonds. The van der Waals surface area contributed by atoms with Gasteiger partial charge in [0.25, 0.3) is 5.91 Å². The molecule has 0 spiro atoms. The predicted octanol–water partition coefficient (Wildman–Crippen LogP) is 3.14. The van der Waals surface area contributed by atoms with Gasteiger partial charge in [0.05, 0.1) is 6.04 Å². The third-order valence-corrected chi connectivity index (χ3v) is 4.74. The number of amides is 3. The smallest absolute Gasteiger partial charge is 0.312 e. The zero-order chi connectivity index (χ0) is 17.3. The van der Waals surface area contributed by atoms with Crippen molar-refractivity contribution in [3.05, 3.63) is 64.1 Å². The number of nitrogens with two attached hydrogens (primary N) is 1. The van der Waals surface area contributed by atoms with Crippen LogP contribution in [0.3, 0.4) is 0 Å². The normalized spacial score (nSPS) is 18.0.